The number of rotatable bonds is 3. The molecule has 4 atom stereocenters. The first-order valence-corrected chi connectivity index (χ1v) is 13.7. The van der Waals surface area contributed by atoms with Crippen LogP contribution >= 0.6 is 23.2 Å². The fraction of sp³-hybridized carbons (Fsp3) is 0.267. The van der Waals surface area contributed by atoms with Gasteiger partial charge < -0.3 is 0 Å². The number of fused-ring (bicyclic) bond motifs is 8. The monoisotopic (exact) mass is 558 g/mol. The molecule has 4 heterocycles. The summed E-state index contributed by atoms with van der Waals surface area (Å²) in [6.07, 6.45) is 0.664. The van der Waals surface area contributed by atoms with Crippen molar-refractivity contribution in [1.82, 2.24) is 14.9 Å². The minimum Gasteiger partial charge on any atom is -0.297 e. The third kappa shape index (κ3) is 3.21. The van der Waals surface area contributed by atoms with E-state index in [2.05, 4.69) is 19.2 Å². The predicted molar refractivity (Wildman–Crippen MR) is 150 cm³/mol. The molecular formula is C30H24Cl2N4O3. The Kier molecular flexibility index (Phi) is 5.34. The van der Waals surface area contributed by atoms with Gasteiger partial charge in [-0.1, -0.05) is 67.4 Å². The summed E-state index contributed by atoms with van der Waals surface area (Å²) in [6.45, 7) is 4.18. The summed E-state index contributed by atoms with van der Waals surface area (Å²) >= 11 is 12.4. The Labute approximate surface area is 234 Å². The standard InChI is InChI=1S/C30H24Cl2N4O3/c1-15(2)13-22-24-25(28(39)35(27(24)38)16-11-12-19(31)20(32)14-16)30(34-22)18-8-4-6-10-23(18)36-26(37)17-7-3-5-9-21(17)33-29(30)36/h3-12,14-15,22,24-25,34H,13H2,1-2H3. The second kappa shape index (κ2) is 8.49. The zero-order valence-corrected chi connectivity index (χ0v) is 22.7. The van der Waals surface area contributed by atoms with Crippen LogP contribution in [0.15, 0.2) is 71.5 Å². The normalized spacial score (nSPS) is 25.2. The molecule has 0 saturated carbocycles. The van der Waals surface area contributed by atoms with Crippen molar-refractivity contribution in [3.05, 3.63) is 98.5 Å². The molecule has 4 unspecified atom stereocenters. The van der Waals surface area contributed by atoms with Crippen LogP contribution in [0.25, 0.3) is 16.6 Å². The van der Waals surface area contributed by atoms with E-state index in [1.165, 1.54) is 4.90 Å². The third-order valence-electron chi connectivity index (χ3n) is 8.25. The van der Waals surface area contributed by atoms with Gasteiger partial charge in [0.1, 0.15) is 11.4 Å². The zero-order chi connectivity index (χ0) is 27.2. The molecular weight excluding hydrogens is 535 g/mol. The largest absolute Gasteiger partial charge is 0.297 e. The molecule has 3 aliphatic rings. The summed E-state index contributed by atoms with van der Waals surface area (Å²) in [7, 11) is 0. The maximum atomic E-state index is 14.4. The van der Waals surface area contributed by atoms with Crippen molar-refractivity contribution in [3.63, 3.8) is 0 Å². The molecule has 196 valence electrons. The highest BCUT2D eigenvalue weighted by atomic mass is 35.5. The number of carbonyl (C=O) groups excluding carboxylic acids is 2. The number of nitrogens with zero attached hydrogens (tertiary/aromatic N) is 3. The number of amides is 2. The van der Waals surface area contributed by atoms with Crippen LogP contribution in [0.3, 0.4) is 0 Å². The maximum absolute atomic E-state index is 14.4. The van der Waals surface area contributed by atoms with Crippen LogP contribution in [0.1, 0.15) is 31.7 Å². The topological polar surface area (TPSA) is 84.3 Å². The van der Waals surface area contributed by atoms with Crippen LogP contribution in [0, 0.1) is 17.8 Å². The quantitative estimate of drug-likeness (QED) is 0.355. The minimum absolute atomic E-state index is 0.205. The Morgan fingerprint density at radius 3 is 2.46 bits per heavy atom. The lowest BCUT2D eigenvalue weighted by atomic mass is 9.75. The molecule has 7 rings (SSSR count). The van der Waals surface area contributed by atoms with Gasteiger partial charge in [0.05, 0.1) is 44.2 Å². The van der Waals surface area contributed by atoms with Crippen LogP contribution in [0.4, 0.5) is 5.69 Å². The van der Waals surface area contributed by atoms with E-state index in [9.17, 15) is 14.4 Å². The Morgan fingerprint density at radius 1 is 0.949 bits per heavy atom. The van der Waals surface area contributed by atoms with Gasteiger partial charge in [0.15, 0.2) is 0 Å². The molecule has 2 amide bonds. The molecule has 4 aromatic rings. The van der Waals surface area contributed by atoms with Gasteiger partial charge in [-0.2, -0.15) is 0 Å². The smallest absolute Gasteiger partial charge is 0.266 e. The number of halogens is 2. The van der Waals surface area contributed by atoms with Crippen molar-refractivity contribution < 1.29 is 9.59 Å². The zero-order valence-electron chi connectivity index (χ0n) is 21.2. The highest BCUT2D eigenvalue weighted by Crippen LogP contribution is 2.56. The van der Waals surface area contributed by atoms with Crippen LogP contribution < -0.4 is 15.8 Å². The predicted octanol–water partition coefficient (Wildman–Crippen LogP) is 5.07. The number of imide groups is 1. The maximum Gasteiger partial charge on any atom is 0.266 e. The number of hydrogen-bond donors (Lipinski definition) is 1. The number of nitrogens with one attached hydrogen (secondary N) is 1. The van der Waals surface area contributed by atoms with Crippen molar-refractivity contribution in [2.24, 2.45) is 17.8 Å². The number of anilines is 1. The first-order valence-electron chi connectivity index (χ1n) is 13.0. The van der Waals surface area contributed by atoms with Crippen molar-refractivity contribution in [1.29, 1.82) is 0 Å². The van der Waals surface area contributed by atoms with E-state index < -0.39 is 17.4 Å². The Balaban J connectivity index is 1.51. The summed E-state index contributed by atoms with van der Waals surface area (Å²) in [4.78, 5) is 48.7. The second-order valence-corrected chi connectivity index (χ2v) is 11.7. The highest BCUT2D eigenvalue weighted by molar-refractivity contribution is 6.42. The molecule has 39 heavy (non-hydrogen) atoms. The average molecular weight is 559 g/mol. The Bertz CT molecular complexity index is 1780. The number of carbonyl (C=O) groups is 2. The summed E-state index contributed by atoms with van der Waals surface area (Å²) in [5.41, 5.74) is 0.987. The summed E-state index contributed by atoms with van der Waals surface area (Å²) in [5.74, 6) is -1.43. The van der Waals surface area contributed by atoms with E-state index in [1.807, 2.05) is 36.4 Å². The van der Waals surface area contributed by atoms with Gasteiger partial charge in [-0.3, -0.25) is 24.3 Å². The second-order valence-electron chi connectivity index (χ2n) is 10.9. The van der Waals surface area contributed by atoms with E-state index in [0.717, 1.165) is 5.56 Å². The van der Waals surface area contributed by atoms with Crippen molar-refractivity contribution >= 4 is 51.6 Å². The average Bonchev–Trinajstić information content (AvgIpc) is 3.49. The number of para-hydroxylation sites is 2. The number of benzene rings is 3. The number of hydrogen-bond acceptors (Lipinski definition) is 5. The van der Waals surface area contributed by atoms with Crippen LogP contribution in [0.5, 0.6) is 0 Å². The van der Waals surface area contributed by atoms with E-state index in [4.69, 9.17) is 28.2 Å². The van der Waals surface area contributed by atoms with Gasteiger partial charge in [0.2, 0.25) is 11.8 Å². The first kappa shape index (κ1) is 24.5. The molecule has 3 aliphatic heterocycles. The van der Waals surface area contributed by atoms with E-state index in [0.29, 0.717) is 39.5 Å². The van der Waals surface area contributed by atoms with E-state index >= 15 is 0 Å². The first-order chi connectivity index (χ1) is 18.7. The highest BCUT2D eigenvalue weighted by Gasteiger charge is 2.69. The number of aromatic nitrogens is 2. The molecule has 1 aromatic heterocycles. The van der Waals surface area contributed by atoms with Gasteiger partial charge in [-0.15, -0.1) is 0 Å². The van der Waals surface area contributed by atoms with Crippen molar-refractivity contribution in [2.45, 2.75) is 31.8 Å². The summed E-state index contributed by atoms with van der Waals surface area (Å²) < 4.78 is 1.61. The molecule has 9 heteroatoms. The Morgan fingerprint density at radius 2 is 1.69 bits per heavy atom. The Hall–Kier alpha value is -3.52. The van der Waals surface area contributed by atoms with Gasteiger partial charge in [0, 0.05) is 11.6 Å². The van der Waals surface area contributed by atoms with Crippen molar-refractivity contribution in [3.8, 4) is 5.69 Å². The van der Waals surface area contributed by atoms with Crippen LogP contribution in [0.2, 0.25) is 10.0 Å². The molecule has 1 N–H and O–H groups in total. The molecule has 7 nitrogen and oxygen atoms in total. The minimum atomic E-state index is -1.16. The fourth-order valence-electron chi connectivity index (χ4n) is 6.81. The lowest BCUT2D eigenvalue weighted by molar-refractivity contribution is -0.123. The van der Waals surface area contributed by atoms with Crippen LogP contribution in [-0.4, -0.2) is 27.4 Å². The van der Waals surface area contributed by atoms with Gasteiger partial charge >= 0.3 is 0 Å². The fourth-order valence-corrected chi connectivity index (χ4v) is 7.10. The van der Waals surface area contributed by atoms with Gasteiger partial charge in [0.25, 0.3) is 5.56 Å². The molecule has 0 aliphatic carbocycles. The molecule has 0 bridgehead atoms. The lowest BCUT2D eigenvalue weighted by Crippen LogP contribution is -2.50. The lowest BCUT2D eigenvalue weighted by Gasteiger charge is -2.32. The molecule has 2 saturated heterocycles. The summed E-state index contributed by atoms with van der Waals surface area (Å²) in [6, 6.07) is 19.2. The molecule has 2 fully saturated rings. The van der Waals surface area contributed by atoms with Crippen molar-refractivity contribution in [2.75, 3.05) is 4.90 Å². The molecule has 3 aromatic carbocycles. The van der Waals surface area contributed by atoms with Gasteiger partial charge in [-0.05, 0) is 48.7 Å². The summed E-state index contributed by atoms with van der Waals surface area (Å²) in [5, 5.41) is 4.81. The molecule has 1 spiro atoms. The van der Waals surface area contributed by atoms with E-state index in [-0.39, 0.29) is 34.4 Å². The van der Waals surface area contributed by atoms with Gasteiger partial charge in [-0.25, -0.2) is 9.88 Å². The van der Waals surface area contributed by atoms with Crippen LogP contribution in [-0.2, 0) is 15.1 Å². The third-order valence-corrected chi connectivity index (χ3v) is 8.99. The molecule has 0 radical (unpaired) electrons. The SMILES string of the molecule is CC(C)CC1NC2(c3ccccc3-n3c2nc2ccccc2c3=O)C2C(=O)N(c3ccc(Cl)c(Cl)c3)C(=O)C12. The van der Waals surface area contributed by atoms with E-state index in [1.54, 1.807) is 34.9 Å².